The predicted molar refractivity (Wildman–Crippen MR) is 90.4 cm³/mol. The molecule has 0 fully saturated rings. The molecule has 0 aliphatic rings. The molecular formula is C15H19BrN2OS. The summed E-state index contributed by atoms with van der Waals surface area (Å²) in [5, 5.41) is 0.957. The molecule has 0 spiro atoms. The summed E-state index contributed by atoms with van der Waals surface area (Å²) in [6.45, 7) is 4.20. The van der Waals surface area contributed by atoms with Gasteiger partial charge in [-0.25, -0.2) is 0 Å². The Bertz CT molecular complexity index is 638. The van der Waals surface area contributed by atoms with E-state index in [0.29, 0.717) is 10.6 Å². The molecule has 1 unspecified atom stereocenters. The maximum Gasteiger partial charge on any atom is 0.266 e. The van der Waals surface area contributed by atoms with Gasteiger partial charge in [-0.05, 0) is 25.5 Å². The Hall–Kier alpha value is -1.07. The third kappa shape index (κ3) is 2.83. The van der Waals surface area contributed by atoms with Gasteiger partial charge in [-0.1, -0.05) is 35.3 Å². The maximum atomic E-state index is 12.6. The van der Waals surface area contributed by atoms with Gasteiger partial charge in [-0.2, -0.15) is 0 Å². The number of carbonyl (C=O) groups is 1. The highest BCUT2D eigenvalue weighted by atomic mass is 79.9. The molecule has 0 saturated carbocycles. The van der Waals surface area contributed by atoms with Crippen molar-refractivity contribution in [2.75, 3.05) is 12.8 Å². The summed E-state index contributed by atoms with van der Waals surface area (Å²) in [5.74, 6) is 0.0146. The quantitative estimate of drug-likeness (QED) is 0.877. The smallest absolute Gasteiger partial charge is 0.266 e. The van der Waals surface area contributed by atoms with Crippen LogP contribution in [0.2, 0.25) is 0 Å². The summed E-state index contributed by atoms with van der Waals surface area (Å²) in [4.78, 5) is 15.0. The number of halogens is 1. The van der Waals surface area contributed by atoms with E-state index in [9.17, 15) is 4.79 Å². The Labute approximate surface area is 131 Å². The van der Waals surface area contributed by atoms with Crippen LogP contribution in [0.25, 0.3) is 10.1 Å². The van der Waals surface area contributed by atoms with Crippen LogP contribution in [0.15, 0.2) is 22.7 Å². The number of carbonyl (C=O) groups excluding carboxylic acids is 1. The van der Waals surface area contributed by atoms with E-state index >= 15 is 0 Å². The van der Waals surface area contributed by atoms with Crippen molar-refractivity contribution >= 4 is 48.9 Å². The second kappa shape index (κ2) is 6.14. The van der Waals surface area contributed by atoms with Crippen molar-refractivity contribution in [3.63, 3.8) is 0 Å². The van der Waals surface area contributed by atoms with Gasteiger partial charge in [0.25, 0.3) is 5.91 Å². The fourth-order valence-electron chi connectivity index (χ4n) is 2.22. The minimum Gasteiger partial charge on any atom is -0.397 e. The summed E-state index contributed by atoms with van der Waals surface area (Å²) in [7, 11) is 1.85. The molecular weight excluding hydrogens is 336 g/mol. The van der Waals surface area contributed by atoms with Crippen LogP contribution in [0, 0.1) is 0 Å². The number of anilines is 1. The van der Waals surface area contributed by atoms with E-state index in [1.54, 1.807) is 4.90 Å². The van der Waals surface area contributed by atoms with E-state index in [1.165, 1.54) is 11.3 Å². The van der Waals surface area contributed by atoms with Crippen molar-refractivity contribution < 1.29 is 4.79 Å². The molecule has 0 aliphatic heterocycles. The number of hydrogen-bond acceptors (Lipinski definition) is 3. The van der Waals surface area contributed by atoms with Gasteiger partial charge in [-0.15, -0.1) is 11.3 Å². The highest BCUT2D eigenvalue weighted by molar-refractivity contribution is 9.10. The van der Waals surface area contributed by atoms with Crippen molar-refractivity contribution in [1.82, 2.24) is 4.90 Å². The second-order valence-electron chi connectivity index (χ2n) is 5.04. The zero-order valence-corrected chi connectivity index (χ0v) is 14.3. The van der Waals surface area contributed by atoms with Crippen LogP contribution >= 0.6 is 27.3 Å². The fourth-order valence-corrected chi connectivity index (χ4v) is 3.88. The molecule has 1 atom stereocenters. The summed E-state index contributed by atoms with van der Waals surface area (Å²) in [5.41, 5.74) is 6.74. The number of amides is 1. The van der Waals surface area contributed by atoms with Crippen LogP contribution in [0.5, 0.6) is 0 Å². The van der Waals surface area contributed by atoms with E-state index in [2.05, 4.69) is 29.8 Å². The van der Waals surface area contributed by atoms with Crippen molar-refractivity contribution in [2.45, 2.75) is 32.7 Å². The normalized spacial score (nSPS) is 12.6. The summed E-state index contributed by atoms with van der Waals surface area (Å²) >= 11 is 4.91. The monoisotopic (exact) mass is 354 g/mol. The van der Waals surface area contributed by atoms with Gasteiger partial charge >= 0.3 is 0 Å². The topological polar surface area (TPSA) is 46.3 Å². The molecule has 2 rings (SSSR count). The van der Waals surface area contributed by atoms with Crippen LogP contribution in [-0.2, 0) is 0 Å². The number of nitrogens with two attached hydrogens (primary N) is 1. The van der Waals surface area contributed by atoms with Gasteiger partial charge in [0.2, 0.25) is 0 Å². The minimum absolute atomic E-state index is 0.0146. The highest BCUT2D eigenvalue weighted by Gasteiger charge is 2.22. The summed E-state index contributed by atoms with van der Waals surface area (Å²) in [6, 6.07) is 6.13. The number of nitrogen functional groups attached to an aromatic ring is 1. The lowest BCUT2D eigenvalue weighted by molar-refractivity contribution is 0.0742. The van der Waals surface area contributed by atoms with Crippen molar-refractivity contribution in [1.29, 1.82) is 0 Å². The van der Waals surface area contributed by atoms with Gasteiger partial charge in [0.15, 0.2) is 0 Å². The molecule has 2 N–H and O–H groups in total. The predicted octanol–water partition coefficient (Wildman–Crippen LogP) is 4.51. The SMILES string of the molecule is CCCC(C)N(C)C(=O)c1sc2cc(Br)ccc2c1N. The average Bonchev–Trinajstić information content (AvgIpc) is 2.74. The van der Waals surface area contributed by atoms with Crippen LogP contribution in [0.1, 0.15) is 36.4 Å². The Morgan fingerprint density at radius 1 is 1.50 bits per heavy atom. The fraction of sp³-hybridized carbons (Fsp3) is 0.400. The first-order chi connectivity index (χ1) is 9.45. The Kier molecular flexibility index (Phi) is 4.70. The number of benzene rings is 1. The van der Waals surface area contributed by atoms with Crippen LogP contribution in [-0.4, -0.2) is 23.9 Å². The van der Waals surface area contributed by atoms with Crippen LogP contribution < -0.4 is 5.73 Å². The third-order valence-electron chi connectivity index (χ3n) is 3.57. The van der Waals surface area contributed by atoms with Gasteiger partial charge in [0, 0.05) is 27.6 Å². The van der Waals surface area contributed by atoms with E-state index in [4.69, 9.17) is 5.73 Å². The zero-order valence-electron chi connectivity index (χ0n) is 11.9. The molecule has 1 amide bonds. The molecule has 2 aromatic rings. The first-order valence-corrected chi connectivity index (χ1v) is 8.31. The molecule has 0 saturated heterocycles. The molecule has 1 aromatic heterocycles. The number of hydrogen-bond donors (Lipinski definition) is 1. The largest absolute Gasteiger partial charge is 0.397 e. The zero-order chi connectivity index (χ0) is 14.9. The molecule has 3 nitrogen and oxygen atoms in total. The lowest BCUT2D eigenvalue weighted by Gasteiger charge is -2.24. The second-order valence-corrected chi connectivity index (χ2v) is 7.01. The average molecular weight is 355 g/mol. The van der Waals surface area contributed by atoms with Gasteiger partial charge in [0.05, 0.1) is 5.69 Å². The molecule has 20 heavy (non-hydrogen) atoms. The maximum absolute atomic E-state index is 12.6. The number of fused-ring (bicyclic) bond motifs is 1. The van der Waals surface area contributed by atoms with Crippen molar-refractivity contribution in [3.05, 3.63) is 27.5 Å². The molecule has 0 aliphatic carbocycles. The van der Waals surface area contributed by atoms with Gasteiger partial charge in [0.1, 0.15) is 4.88 Å². The summed E-state index contributed by atoms with van der Waals surface area (Å²) < 4.78 is 2.04. The molecule has 0 bridgehead atoms. The van der Waals surface area contributed by atoms with E-state index < -0.39 is 0 Å². The van der Waals surface area contributed by atoms with Gasteiger partial charge in [-0.3, -0.25) is 4.79 Å². The third-order valence-corrected chi connectivity index (χ3v) is 5.22. The highest BCUT2D eigenvalue weighted by Crippen LogP contribution is 2.36. The first kappa shape index (κ1) is 15.3. The van der Waals surface area contributed by atoms with Crippen molar-refractivity contribution in [2.24, 2.45) is 0 Å². The summed E-state index contributed by atoms with van der Waals surface area (Å²) in [6.07, 6.45) is 2.06. The number of thiophene rings is 1. The molecule has 1 heterocycles. The molecule has 0 radical (unpaired) electrons. The van der Waals surface area contributed by atoms with E-state index in [0.717, 1.165) is 27.4 Å². The van der Waals surface area contributed by atoms with Crippen molar-refractivity contribution in [3.8, 4) is 0 Å². The first-order valence-electron chi connectivity index (χ1n) is 6.70. The lowest BCUT2D eigenvalue weighted by Crippen LogP contribution is -2.34. The Morgan fingerprint density at radius 3 is 2.85 bits per heavy atom. The van der Waals surface area contributed by atoms with Crippen LogP contribution in [0.4, 0.5) is 5.69 Å². The molecule has 5 heteroatoms. The molecule has 108 valence electrons. The van der Waals surface area contributed by atoms with E-state index in [1.807, 2.05) is 25.2 Å². The number of nitrogens with zero attached hydrogens (tertiary/aromatic N) is 1. The lowest BCUT2D eigenvalue weighted by atomic mass is 10.1. The number of rotatable bonds is 4. The van der Waals surface area contributed by atoms with E-state index in [-0.39, 0.29) is 11.9 Å². The minimum atomic E-state index is 0.0146. The standard InChI is InChI=1S/C15H19BrN2OS/c1-4-5-9(2)18(3)15(19)14-13(17)11-7-6-10(16)8-12(11)20-14/h6-9H,4-5,17H2,1-3H3. The van der Waals surface area contributed by atoms with Crippen LogP contribution in [0.3, 0.4) is 0 Å². The molecule has 1 aromatic carbocycles. The van der Waals surface area contributed by atoms with Gasteiger partial charge < -0.3 is 10.6 Å². The Balaban J connectivity index is 2.37. The Morgan fingerprint density at radius 2 is 2.20 bits per heavy atom.